The first-order chi connectivity index (χ1) is 30.2. The number of rotatable bonds is 4. The summed E-state index contributed by atoms with van der Waals surface area (Å²) in [5.74, 6) is -24.8. The molecule has 2 aromatic heterocycles. The van der Waals surface area contributed by atoms with Gasteiger partial charge in [0.05, 0.1) is 44.8 Å². The van der Waals surface area contributed by atoms with Crippen LogP contribution in [0.15, 0.2) is 106 Å². The normalized spacial score (nSPS) is 21.5. The first-order valence-corrected chi connectivity index (χ1v) is 18.8. The highest BCUT2D eigenvalue weighted by Gasteiger charge is 2.43. The molecule has 64 heavy (non-hydrogen) atoms. The molecule has 0 radical (unpaired) electrons. The Morgan fingerprint density at radius 1 is 0.406 bits per heavy atom. The van der Waals surface area contributed by atoms with Gasteiger partial charge in [-0.3, -0.25) is 9.98 Å². The van der Waals surface area contributed by atoms with E-state index in [0.29, 0.717) is 0 Å². The van der Waals surface area contributed by atoms with Crippen molar-refractivity contribution in [2.75, 3.05) is 0 Å². The smallest absolute Gasteiger partial charge is 0.200 e. The molecule has 0 amide bonds. The van der Waals surface area contributed by atoms with Crippen molar-refractivity contribution in [2.45, 2.75) is 24.7 Å². The Balaban J connectivity index is 1.46. The van der Waals surface area contributed by atoms with E-state index < -0.39 is 126 Å². The first kappa shape index (κ1) is 41.6. The summed E-state index contributed by atoms with van der Waals surface area (Å²) in [6, 6.07) is 11.7. The fourth-order valence-electron chi connectivity index (χ4n) is 8.33. The monoisotopic (exact) mass is 888 g/mol. The van der Waals surface area contributed by atoms with Gasteiger partial charge in [-0.25, -0.2) is 43.9 Å². The highest BCUT2D eigenvalue weighted by molar-refractivity contribution is 6.26. The van der Waals surface area contributed by atoms with Crippen LogP contribution < -0.4 is 0 Å². The van der Waals surface area contributed by atoms with E-state index in [1.165, 1.54) is 86.7 Å². The van der Waals surface area contributed by atoms with Crippen LogP contribution in [0, 0.1) is 58.2 Å². The summed E-state index contributed by atoms with van der Waals surface area (Å²) < 4.78 is 153. The Hall–Kier alpha value is -7.76. The zero-order valence-electron chi connectivity index (χ0n) is 32.5. The lowest BCUT2D eigenvalue weighted by Crippen LogP contribution is -2.38. The number of nitrogens with one attached hydrogen (secondary N) is 2. The number of benzene rings is 4. The molecule has 3 aliphatic heterocycles. The number of hydrogen-bond acceptors (Lipinski definition) is 6. The van der Waals surface area contributed by atoms with Crippen LogP contribution in [-0.2, 0) is 10.8 Å². The van der Waals surface area contributed by atoms with E-state index in [9.17, 15) is 29.2 Å². The van der Waals surface area contributed by atoms with Crippen molar-refractivity contribution < 1.29 is 64.3 Å². The number of aromatic nitrogens is 2. The number of fused-ring (bicyclic) bond motifs is 6. The number of allylic oxidation sites excluding steroid dienone is 4. The lowest BCUT2D eigenvalue weighted by molar-refractivity contribution is 0.376. The van der Waals surface area contributed by atoms with Gasteiger partial charge in [0.2, 0.25) is 11.6 Å². The van der Waals surface area contributed by atoms with Crippen molar-refractivity contribution in [3.8, 4) is 23.0 Å². The second kappa shape index (κ2) is 14.4. The van der Waals surface area contributed by atoms with E-state index in [1.54, 1.807) is 0 Å². The van der Waals surface area contributed by atoms with Crippen LogP contribution in [0.4, 0.5) is 43.9 Å². The van der Waals surface area contributed by atoms with E-state index in [2.05, 4.69) is 20.0 Å². The minimum absolute atomic E-state index is 0.00503. The van der Waals surface area contributed by atoms with E-state index in [1.807, 2.05) is 0 Å². The fourth-order valence-corrected chi connectivity index (χ4v) is 8.33. The van der Waals surface area contributed by atoms with Crippen molar-refractivity contribution >= 4 is 22.6 Å². The van der Waals surface area contributed by atoms with Gasteiger partial charge in [-0.2, -0.15) is 0 Å². The number of aromatic amines is 2. The highest BCUT2D eigenvalue weighted by atomic mass is 19.2. The minimum atomic E-state index is -2.44. The van der Waals surface area contributed by atoms with E-state index >= 15 is 35.1 Å². The molecule has 0 fully saturated rings. The second-order valence-corrected chi connectivity index (χ2v) is 15.4. The highest BCUT2D eigenvalue weighted by Crippen LogP contribution is 2.47. The van der Waals surface area contributed by atoms with Gasteiger partial charge in [0.1, 0.15) is 23.0 Å². The summed E-state index contributed by atoms with van der Waals surface area (Å²) in [5, 5.41) is 42.5. The minimum Gasteiger partial charge on any atom is -0.508 e. The molecular weight excluding hydrogens is 863 g/mol. The molecule has 3 aliphatic rings. The third-order valence-electron chi connectivity index (χ3n) is 11.7. The summed E-state index contributed by atoms with van der Waals surface area (Å²) in [5.41, 5.74) is -9.31. The topological polar surface area (TPSA) is 137 Å². The van der Waals surface area contributed by atoms with E-state index in [4.69, 9.17) is 0 Å². The average Bonchev–Trinajstić information content (AvgIpc) is 4.11. The SMILES string of the molecule is CC1(c2cc(O)cc(O)c2)C2=N/C(=C(/c3c(F)c(F)c(F)c(F)c3F)c3ccc([nH]3)C(C)(c3cc(O)cc(O)c3)c3ccc([nH]3)/C(c3c(F)c(F)c(F)c(F)c3F)=C3/C=CC1=N3)C=C2. The van der Waals surface area contributed by atoms with Crippen molar-refractivity contribution in [1.29, 1.82) is 0 Å². The number of aromatic hydroxyl groups is 4. The molecule has 6 N–H and O–H groups in total. The Labute approximate surface area is 353 Å². The predicted molar refractivity (Wildman–Crippen MR) is 212 cm³/mol. The quantitative estimate of drug-likeness (QED) is 0.0597. The van der Waals surface area contributed by atoms with Gasteiger partial charge in [0.15, 0.2) is 46.5 Å². The number of halogens is 10. The van der Waals surface area contributed by atoms with Crippen LogP contribution in [-0.4, -0.2) is 41.8 Å². The van der Waals surface area contributed by atoms with E-state index in [-0.39, 0.29) is 45.3 Å². The summed E-state index contributed by atoms with van der Waals surface area (Å²) in [7, 11) is 0. The molecule has 0 saturated heterocycles. The largest absolute Gasteiger partial charge is 0.508 e. The Morgan fingerprint density at radius 2 is 0.719 bits per heavy atom. The Kier molecular flexibility index (Phi) is 9.36. The van der Waals surface area contributed by atoms with Crippen LogP contribution in [0.5, 0.6) is 23.0 Å². The number of phenolic OH excluding ortho intramolecular Hbond substituents is 4. The molecule has 18 heteroatoms. The standard InChI is InChI=1S/C46H26F10N4O4/c1-45(17-11-19(61)15-20(62)12-17)27-7-3-23(57-27)31(33-35(47)39(51)43(55)40(52)36(33)48)25-5-9-29(59-25)46(2,18-13-21(63)16-22(64)14-18)30-10-6-26(60-30)32(24-4-8-28(45)58-24)34-37(49)41(53)44(56)42(54)38(34)50/h3-16,57-58,61-64H,1-2H3/b31-25+,32-26+. The fraction of sp³-hybridized carbons (Fsp3) is 0.0870. The van der Waals surface area contributed by atoms with Crippen molar-refractivity contribution in [2.24, 2.45) is 9.98 Å². The summed E-state index contributed by atoms with van der Waals surface area (Å²) >= 11 is 0. The lowest BCUT2D eigenvalue weighted by Gasteiger charge is -2.30. The molecule has 0 unspecified atom stereocenters. The molecule has 0 aliphatic carbocycles. The predicted octanol–water partition coefficient (Wildman–Crippen LogP) is 10.4. The van der Waals surface area contributed by atoms with Crippen LogP contribution in [0.2, 0.25) is 0 Å². The Bertz CT molecular complexity index is 3010. The lowest BCUT2D eigenvalue weighted by atomic mass is 9.74. The van der Waals surface area contributed by atoms with Crippen LogP contribution >= 0.6 is 0 Å². The van der Waals surface area contributed by atoms with Gasteiger partial charge >= 0.3 is 0 Å². The maximum absolute atomic E-state index is 16.0. The third-order valence-corrected chi connectivity index (χ3v) is 11.7. The molecule has 5 heterocycles. The zero-order chi connectivity index (χ0) is 45.9. The number of aliphatic imine (C=N–C) groups is 2. The number of hydrogen-bond donors (Lipinski definition) is 6. The summed E-state index contributed by atoms with van der Waals surface area (Å²) in [6.45, 7) is 2.90. The average molecular weight is 889 g/mol. The molecule has 0 atom stereocenters. The molecule has 8 nitrogen and oxygen atoms in total. The van der Waals surface area contributed by atoms with Crippen molar-refractivity contribution in [3.63, 3.8) is 0 Å². The van der Waals surface area contributed by atoms with Gasteiger partial charge in [0.25, 0.3) is 0 Å². The first-order valence-electron chi connectivity index (χ1n) is 18.8. The maximum atomic E-state index is 16.0. The van der Waals surface area contributed by atoms with Gasteiger partial charge in [-0.1, -0.05) is 0 Å². The van der Waals surface area contributed by atoms with Crippen LogP contribution in [0.1, 0.15) is 58.9 Å². The molecule has 6 aromatic rings. The van der Waals surface area contributed by atoms with Crippen LogP contribution in [0.25, 0.3) is 11.1 Å². The number of nitrogens with zero attached hydrogens (tertiary/aromatic N) is 2. The van der Waals surface area contributed by atoms with Gasteiger partial charge < -0.3 is 30.4 Å². The Morgan fingerprint density at radius 3 is 1.06 bits per heavy atom. The van der Waals surface area contributed by atoms with Gasteiger partial charge in [0, 0.05) is 46.1 Å². The molecule has 0 saturated carbocycles. The molecule has 324 valence electrons. The number of phenols is 4. The molecule has 8 bridgehead atoms. The zero-order valence-corrected chi connectivity index (χ0v) is 32.5. The van der Waals surface area contributed by atoms with Crippen molar-refractivity contribution in [3.05, 3.63) is 200 Å². The molecule has 4 aromatic carbocycles. The van der Waals surface area contributed by atoms with E-state index in [0.717, 1.165) is 12.1 Å². The molecular formula is C46H26F10N4O4. The molecule has 0 spiro atoms. The third kappa shape index (κ3) is 5.99. The summed E-state index contributed by atoms with van der Waals surface area (Å²) in [6.07, 6.45) is 4.87. The second-order valence-electron chi connectivity index (χ2n) is 15.4. The van der Waals surface area contributed by atoms with Gasteiger partial charge in [-0.05, 0) is 97.8 Å². The molecule has 9 rings (SSSR count). The van der Waals surface area contributed by atoms with Gasteiger partial charge in [-0.15, -0.1) is 0 Å². The maximum Gasteiger partial charge on any atom is 0.200 e. The van der Waals surface area contributed by atoms with Crippen LogP contribution in [0.3, 0.4) is 0 Å². The van der Waals surface area contributed by atoms with Crippen molar-refractivity contribution in [1.82, 2.24) is 9.97 Å². The summed E-state index contributed by atoms with van der Waals surface area (Å²) in [4.78, 5) is 15.1. The number of H-pyrrole nitrogens is 2.